The quantitative estimate of drug-likeness (QED) is 0.783. The Morgan fingerprint density at radius 2 is 2.20 bits per heavy atom. The van der Waals surface area contributed by atoms with Gasteiger partial charge in [-0.15, -0.1) is 0 Å². The van der Waals surface area contributed by atoms with Crippen molar-refractivity contribution >= 4 is 12.2 Å². The van der Waals surface area contributed by atoms with E-state index in [4.69, 9.17) is 12.2 Å². The fourth-order valence-electron chi connectivity index (χ4n) is 1.62. The van der Waals surface area contributed by atoms with Crippen LogP contribution >= 0.6 is 12.2 Å². The zero-order valence-corrected chi connectivity index (χ0v) is 10.8. The van der Waals surface area contributed by atoms with Crippen molar-refractivity contribution in [1.82, 2.24) is 19.7 Å². The zero-order chi connectivity index (χ0) is 11.4. The summed E-state index contributed by atoms with van der Waals surface area (Å²) in [4.78, 5) is 2.19. The van der Waals surface area contributed by atoms with Gasteiger partial charge in [0.2, 0.25) is 0 Å². The van der Waals surface area contributed by atoms with E-state index in [0.29, 0.717) is 6.04 Å². The predicted octanol–water partition coefficient (Wildman–Crippen LogP) is 2.02. The van der Waals surface area contributed by atoms with Gasteiger partial charge >= 0.3 is 0 Å². The Bertz CT molecular complexity index is 353. The normalized spacial score (nSPS) is 13.4. The van der Waals surface area contributed by atoms with Crippen molar-refractivity contribution in [2.45, 2.75) is 32.7 Å². The maximum Gasteiger partial charge on any atom is 0.195 e. The average molecular weight is 228 g/mol. The van der Waals surface area contributed by atoms with E-state index < -0.39 is 0 Å². The summed E-state index contributed by atoms with van der Waals surface area (Å²) in [7, 11) is 4.17. The Kier molecular flexibility index (Phi) is 4.47. The molecular weight excluding hydrogens is 208 g/mol. The number of aromatic amines is 1. The van der Waals surface area contributed by atoms with Crippen molar-refractivity contribution in [2.75, 3.05) is 20.6 Å². The maximum atomic E-state index is 5.23. The van der Waals surface area contributed by atoms with Gasteiger partial charge in [0.15, 0.2) is 4.77 Å². The molecule has 0 radical (unpaired) electrons. The molecule has 1 rings (SSSR count). The van der Waals surface area contributed by atoms with E-state index in [2.05, 4.69) is 47.6 Å². The van der Waals surface area contributed by atoms with Gasteiger partial charge < -0.3 is 9.47 Å². The third-order valence-electron chi connectivity index (χ3n) is 2.53. The molecule has 1 heterocycles. The van der Waals surface area contributed by atoms with Crippen LogP contribution in [0.1, 0.15) is 32.1 Å². The van der Waals surface area contributed by atoms with Gasteiger partial charge in [-0.2, -0.15) is 5.10 Å². The number of nitrogens with one attached hydrogen (secondary N) is 1. The molecule has 4 nitrogen and oxygen atoms in total. The highest BCUT2D eigenvalue weighted by Gasteiger charge is 2.11. The number of hydrogen-bond donors (Lipinski definition) is 1. The minimum absolute atomic E-state index is 0.411. The molecule has 1 aromatic rings. The van der Waals surface area contributed by atoms with Crippen molar-refractivity contribution < 1.29 is 0 Å². The number of rotatable bonds is 5. The van der Waals surface area contributed by atoms with E-state index >= 15 is 0 Å². The smallest absolute Gasteiger partial charge is 0.195 e. The van der Waals surface area contributed by atoms with Gasteiger partial charge in [0.1, 0.15) is 5.82 Å². The lowest BCUT2D eigenvalue weighted by Crippen LogP contribution is -2.18. The zero-order valence-electron chi connectivity index (χ0n) is 9.95. The third-order valence-corrected chi connectivity index (χ3v) is 2.82. The van der Waals surface area contributed by atoms with Gasteiger partial charge in [0, 0.05) is 12.5 Å². The summed E-state index contributed by atoms with van der Waals surface area (Å²) in [5, 5.41) is 7.07. The predicted molar refractivity (Wildman–Crippen MR) is 64.7 cm³/mol. The van der Waals surface area contributed by atoms with Gasteiger partial charge in [0.05, 0.1) is 0 Å². The fraction of sp³-hybridized carbons (Fsp3) is 0.800. The Labute approximate surface area is 96.3 Å². The summed E-state index contributed by atoms with van der Waals surface area (Å²) in [5.74, 6) is 1.05. The standard InChI is InChI=1S/C10H20N4S/c1-5-9-11-12-10(15)14(9)8(2)6-7-13(3)4/h8H,5-7H2,1-4H3,(H,12,15). The lowest BCUT2D eigenvalue weighted by molar-refractivity contribution is 0.353. The largest absolute Gasteiger partial charge is 0.309 e. The van der Waals surface area contributed by atoms with Crippen molar-refractivity contribution in [2.24, 2.45) is 0 Å². The van der Waals surface area contributed by atoms with Crippen molar-refractivity contribution in [3.05, 3.63) is 10.6 Å². The number of hydrogen-bond acceptors (Lipinski definition) is 3. The molecule has 0 bridgehead atoms. The molecule has 0 saturated heterocycles. The van der Waals surface area contributed by atoms with Crippen molar-refractivity contribution in [1.29, 1.82) is 0 Å². The SMILES string of the molecule is CCc1n[nH]c(=S)n1C(C)CCN(C)C. The fourth-order valence-corrected chi connectivity index (χ4v) is 1.95. The molecule has 5 heteroatoms. The topological polar surface area (TPSA) is 36.9 Å². The molecule has 0 aliphatic heterocycles. The molecule has 0 aliphatic rings. The number of aryl methyl sites for hydroxylation is 1. The highest BCUT2D eigenvalue weighted by atomic mass is 32.1. The van der Waals surface area contributed by atoms with Gasteiger partial charge in [-0.3, -0.25) is 5.10 Å². The molecule has 0 amide bonds. The number of nitrogens with zero attached hydrogens (tertiary/aromatic N) is 3. The van der Waals surface area contributed by atoms with E-state index in [1.165, 1.54) is 0 Å². The first-order valence-electron chi connectivity index (χ1n) is 5.36. The first kappa shape index (κ1) is 12.4. The Morgan fingerprint density at radius 3 is 2.73 bits per heavy atom. The summed E-state index contributed by atoms with van der Waals surface area (Å²) in [5.41, 5.74) is 0. The molecule has 0 fully saturated rings. The summed E-state index contributed by atoms with van der Waals surface area (Å²) in [6, 6.07) is 0.411. The van der Waals surface area contributed by atoms with Crippen LogP contribution in [0.2, 0.25) is 0 Å². The molecule has 15 heavy (non-hydrogen) atoms. The molecule has 0 aliphatic carbocycles. The first-order valence-corrected chi connectivity index (χ1v) is 5.77. The highest BCUT2D eigenvalue weighted by molar-refractivity contribution is 7.71. The third kappa shape index (κ3) is 3.14. The first-order chi connectivity index (χ1) is 7.06. The monoisotopic (exact) mass is 228 g/mol. The second-order valence-electron chi connectivity index (χ2n) is 4.11. The molecule has 1 unspecified atom stereocenters. The number of H-pyrrole nitrogens is 1. The Hall–Kier alpha value is -0.680. The lowest BCUT2D eigenvalue weighted by Gasteiger charge is -2.17. The molecule has 0 aromatic carbocycles. The van der Waals surface area contributed by atoms with E-state index in [-0.39, 0.29) is 0 Å². The van der Waals surface area contributed by atoms with E-state index in [9.17, 15) is 0 Å². The van der Waals surface area contributed by atoms with Crippen LogP contribution in [0.4, 0.5) is 0 Å². The van der Waals surface area contributed by atoms with Crippen LogP contribution in [0.25, 0.3) is 0 Å². The molecule has 0 saturated carbocycles. The van der Waals surface area contributed by atoms with Crippen LogP contribution in [0.3, 0.4) is 0 Å². The van der Waals surface area contributed by atoms with E-state index in [1.807, 2.05) is 0 Å². The molecule has 1 N–H and O–H groups in total. The summed E-state index contributed by atoms with van der Waals surface area (Å²) in [6.45, 7) is 5.35. The highest BCUT2D eigenvalue weighted by Crippen LogP contribution is 2.14. The second-order valence-corrected chi connectivity index (χ2v) is 4.50. The second kappa shape index (κ2) is 5.42. The van der Waals surface area contributed by atoms with E-state index in [0.717, 1.165) is 30.0 Å². The molecule has 1 aromatic heterocycles. The summed E-state index contributed by atoms with van der Waals surface area (Å²) >= 11 is 5.23. The molecule has 1 atom stereocenters. The van der Waals surface area contributed by atoms with Gasteiger partial charge in [-0.05, 0) is 46.2 Å². The van der Waals surface area contributed by atoms with E-state index in [1.54, 1.807) is 0 Å². The van der Waals surface area contributed by atoms with Crippen LogP contribution in [0.5, 0.6) is 0 Å². The maximum absolute atomic E-state index is 5.23. The van der Waals surface area contributed by atoms with Crippen LogP contribution in [0, 0.1) is 4.77 Å². The van der Waals surface area contributed by atoms with Crippen LogP contribution in [-0.4, -0.2) is 40.3 Å². The minimum Gasteiger partial charge on any atom is -0.309 e. The van der Waals surface area contributed by atoms with Gasteiger partial charge in [-0.1, -0.05) is 6.92 Å². The summed E-state index contributed by atoms with van der Waals surface area (Å²) < 4.78 is 2.86. The summed E-state index contributed by atoms with van der Waals surface area (Å²) in [6.07, 6.45) is 2.01. The molecule has 86 valence electrons. The van der Waals surface area contributed by atoms with Crippen LogP contribution in [-0.2, 0) is 6.42 Å². The van der Waals surface area contributed by atoms with Crippen LogP contribution < -0.4 is 0 Å². The molecular formula is C10H20N4S. The van der Waals surface area contributed by atoms with Crippen LogP contribution in [0.15, 0.2) is 0 Å². The van der Waals surface area contributed by atoms with Gasteiger partial charge in [-0.25, -0.2) is 0 Å². The van der Waals surface area contributed by atoms with Crippen molar-refractivity contribution in [3.63, 3.8) is 0 Å². The van der Waals surface area contributed by atoms with Gasteiger partial charge in [0.25, 0.3) is 0 Å². The average Bonchev–Trinajstić information content (AvgIpc) is 2.56. The number of aromatic nitrogens is 3. The Balaban J connectivity index is 2.76. The molecule has 0 spiro atoms. The lowest BCUT2D eigenvalue weighted by atomic mass is 10.2. The minimum atomic E-state index is 0.411. The Morgan fingerprint density at radius 1 is 1.53 bits per heavy atom. The van der Waals surface area contributed by atoms with Crippen molar-refractivity contribution in [3.8, 4) is 0 Å².